The van der Waals surface area contributed by atoms with Gasteiger partial charge in [-0.1, -0.05) is 49.4 Å². The van der Waals surface area contributed by atoms with Crippen LogP contribution in [-0.4, -0.2) is 25.0 Å². The van der Waals surface area contributed by atoms with Gasteiger partial charge in [-0.25, -0.2) is 4.79 Å². The van der Waals surface area contributed by atoms with Gasteiger partial charge in [0.2, 0.25) is 0 Å². The van der Waals surface area contributed by atoms with Crippen molar-refractivity contribution in [2.45, 2.75) is 26.3 Å². The zero-order valence-electron chi connectivity index (χ0n) is 19.2. The van der Waals surface area contributed by atoms with Gasteiger partial charge < -0.3 is 20.9 Å². The first kappa shape index (κ1) is 23.8. The Morgan fingerprint density at radius 2 is 1.65 bits per heavy atom. The first-order valence-electron chi connectivity index (χ1n) is 11.5. The van der Waals surface area contributed by atoms with Crippen molar-refractivity contribution < 1.29 is 9.59 Å². The number of para-hydroxylation sites is 1. The molecular weight excluding hydrogens is 492 g/mol. The molecule has 1 aliphatic rings. The average Bonchev–Trinajstić information content (AvgIpc) is 2.85. The maximum Gasteiger partial charge on any atom is 0.323 e. The molecule has 1 aliphatic heterocycles. The topological polar surface area (TPSA) is 73.5 Å². The van der Waals surface area contributed by atoms with Crippen LogP contribution in [0.3, 0.4) is 0 Å². The Kier molecular flexibility index (Phi) is 7.85. The van der Waals surface area contributed by atoms with Crippen LogP contribution in [0.2, 0.25) is 0 Å². The van der Waals surface area contributed by atoms with Gasteiger partial charge >= 0.3 is 6.03 Å². The number of piperidine rings is 1. The Morgan fingerprint density at radius 3 is 2.38 bits per heavy atom. The highest BCUT2D eigenvalue weighted by atomic mass is 79.9. The number of rotatable bonds is 6. The van der Waals surface area contributed by atoms with Crippen LogP contribution in [0.5, 0.6) is 0 Å². The summed E-state index contributed by atoms with van der Waals surface area (Å²) in [7, 11) is 0. The Morgan fingerprint density at radius 1 is 0.941 bits per heavy atom. The normalized spacial score (nSPS) is 13.9. The molecule has 1 saturated heterocycles. The van der Waals surface area contributed by atoms with E-state index in [2.05, 4.69) is 43.7 Å². The fraction of sp³-hybridized carbons (Fsp3) is 0.259. The largest absolute Gasteiger partial charge is 0.371 e. The molecule has 0 atom stereocenters. The van der Waals surface area contributed by atoms with Crippen molar-refractivity contribution in [2.75, 3.05) is 28.6 Å². The van der Waals surface area contributed by atoms with Crippen LogP contribution in [0.15, 0.2) is 77.3 Å². The molecule has 0 spiro atoms. The average molecular weight is 521 g/mol. The van der Waals surface area contributed by atoms with Gasteiger partial charge in [0.15, 0.2) is 0 Å². The van der Waals surface area contributed by atoms with E-state index in [1.54, 1.807) is 6.07 Å². The van der Waals surface area contributed by atoms with Gasteiger partial charge in [0, 0.05) is 35.5 Å². The summed E-state index contributed by atoms with van der Waals surface area (Å²) in [5.74, 6) is 0.529. The van der Waals surface area contributed by atoms with Gasteiger partial charge in [0.05, 0.1) is 11.3 Å². The minimum atomic E-state index is -0.373. The molecule has 7 heteroatoms. The lowest BCUT2D eigenvalue weighted by atomic mass is 9.97. The number of anilines is 3. The van der Waals surface area contributed by atoms with Crippen LogP contribution >= 0.6 is 15.9 Å². The van der Waals surface area contributed by atoms with E-state index in [1.165, 1.54) is 0 Å². The van der Waals surface area contributed by atoms with E-state index in [-0.39, 0.29) is 11.9 Å². The molecule has 3 amide bonds. The minimum absolute atomic E-state index is 0.160. The summed E-state index contributed by atoms with van der Waals surface area (Å²) in [5, 5.41) is 8.71. The molecule has 0 aliphatic carbocycles. The second kappa shape index (κ2) is 11.2. The Balaban J connectivity index is 1.53. The molecule has 3 N–H and O–H groups in total. The van der Waals surface area contributed by atoms with Crippen molar-refractivity contribution in [3.63, 3.8) is 0 Å². The first-order chi connectivity index (χ1) is 16.5. The van der Waals surface area contributed by atoms with Gasteiger partial charge in [0.1, 0.15) is 0 Å². The van der Waals surface area contributed by atoms with Crippen LogP contribution in [-0.2, 0) is 6.54 Å². The third-order valence-corrected chi connectivity index (χ3v) is 6.73. The second-order valence-electron chi connectivity index (χ2n) is 8.63. The third kappa shape index (κ3) is 6.17. The molecule has 0 saturated carbocycles. The Hall–Kier alpha value is -3.32. The predicted octanol–water partition coefficient (Wildman–Crippen LogP) is 6.26. The number of halogens is 1. The lowest BCUT2D eigenvalue weighted by Crippen LogP contribution is -2.35. The molecule has 6 nitrogen and oxygen atoms in total. The highest BCUT2D eigenvalue weighted by Crippen LogP contribution is 2.29. The molecule has 3 aromatic rings. The van der Waals surface area contributed by atoms with Crippen molar-refractivity contribution >= 4 is 44.9 Å². The van der Waals surface area contributed by atoms with Crippen molar-refractivity contribution in [1.82, 2.24) is 5.32 Å². The monoisotopic (exact) mass is 520 g/mol. The SMILES string of the molecule is CC1CCN(c2ccc(NC(=O)Nc3ccccc3Br)cc2C(=O)NCc2ccccc2)CC1. The summed E-state index contributed by atoms with van der Waals surface area (Å²) in [6.07, 6.45) is 2.19. The second-order valence-corrected chi connectivity index (χ2v) is 9.48. The smallest absolute Gasteiger partial charge is 0.323 e. The number of urea groups is 1. The number of carbonyl (C=O) groups excluding carboxylic acids is 2. The van der Waals surface area contributed by atoms with E-state index < -0.39 is 0 Å². The highest BCUT2D eigenvalue weighted by Gasteiger charge is 2.22. The van der Waals surface area contributed by atoms with E-state index in [0.717, 1.165) is 41.7 Å². The van der Waals surface area contributed by atoms with Gasteiger partial charge in [0.25, 0.3) is 5.91 Å². The zero-order chi connectivity index (χ0) is 23.9. The maximum absolute atomic E-state index is 13.2. The number of nitrogens with zero attached hydrogens (tertiary/aromatic N) is 1. The summed E-state index contributed by atoms with van der Waals surface area (Å²) in [6.45, 7) is 4.53. The van der Waals surface area contributed by atoms with E-state index in [1.807, 2.05) is 66.7 Å². The molecule has 4 rings (SSSR count). The minimum Gasteiger partial charge on any atom is -0.371 e. The lowest BCUT2D eigenvalue weighted by molar-refractivity contribution is 0.0951. The van der Waals surface area contributed by atoms with Crippen molar-refractivity contribution in [2.24, 2.45) is 5.92 Å². The number of nitrogens with one attached hydrogen (secondary N) is 3. The molecule has 0 bridgehead atoms. The van der Waals surface area contributed by atoms with Crippen LogP contribution in [0.1, 0.15) is 35.7 Å². The van der Waals surface area contributed by atoms with E-state index in [9.17, 15) is 9.59 Å². The molecule has 0 radical (unpaired) electrons. The molecule has 34 heavy (non-hydrogen) atoms. The number of benzene rings is 3. The number of carbonyl (C=O) groups is 2. The standard InChI is InChI=1S/C27H29BrN4O2/c1-19-13-15-32(16-14-19)25-12-11-21(30-27(34)31-24-10-6-5-9-23(24)28)17-22(25)26(33)29-18-20-7-3-2-4-8-20/h2-12,17,19H,13-16,18H2,1H3,(H,29,33)(H2,30,31,34). The summed E-state index contributed by atoms with van der Waals surface area (Å²) in [5.41, 5.74) is 3.72. The summed E-state index contributed by atoms with van der Waals surface area (Å²) < 4.78 is 0.792. The van der Waals surface area contributed by atoms with E-state index in [0.29, 0.717) is 29.4 Å². The van der Waals surface area contributed by atoms with Crippen LogP contribution in [0.25, 0.3) is 0 Å². The summed E-state index contributed by atoms with van der Waals surface area (Å²) >= 11 is 3.43. The number of hydrogen-bond donors (Lipinski definition) is 3. The van der Waals surface area contributed by atoms with Gasteiger partial charge in [-0.15, -0.1) is 0 Å². The third-order valence-electron chi connectivity index (χ3n) is 6.04. The number of amides is 3. The van der Waals surface area contributed by atoms with Crippen molar-refractivity contribution in [3.05, 3.63) is 88.4 Å². The zero-order valence-corrected chi connectivity index (χ0v) is 20.8. The summed E-state index contributed by atoms with van der Waals surface area (Å²) in [6, 6.07) is 22.4. The molecule has 176 valence electrons. The fourth-order valence-corrected chi connectivity index (χ4v) is 4.43. The molecule has 0 unspecified atom stereocenters. The van der Waals surface area contributed by atoms with Crippen LogP contribution < -0.4 is 20.9 Å². The van der Waals surface area contributed by atoms with Crippen molar-refractivity contribution in [3.8, 4) is 0 Å². The van der Waals surface area contributed by atoms with Gasteiger partial charge in [-0.05, 0) is 70.6 Å². The maximum atomic E-state index is 13.2. The van der Waals surface area contributed by atoms with Crippen LogP contribution in [0.4, 0.5) is 21.9 Å². The highest BCUT2D eigenvalue weighted by molar-refractivity contribution is 9.10. The Labute approximate surface area is 208 Å². The fourth-order valence-electron chi connectivity index (χ4n) is 4.04. The Bertz CT molecular complexity index is 1140. The lowest BCUT2D eigenvalue weighted by Gasteiger charge is -2.33. The quantitative estimate of drug-likeness (QED) is 0.359. The van der Waals surface area contributed by atoms with Gasteiger partial charge in [-0.2, -0.15) is 0 Å². The molecule has 1 fully saturated rings. The number of hydrogen-bond acceptors (Lipinski definition) is 3. The summed E-state index contributed by atoms with van der Waals surface area (Å²) in [4.78, 5) is 28.1. The first-order valence-corrected chi connectivity index (χ1v) is 12.3. The van der Waals surface area contributed by atoms with E-state index in [4.69, 9.17) is 0 Å². The predicted molar refractivity (Wildman–Crippen MR) is 141 cm³/mol. The van der Waals surface area contributed by atoms with E-state index >= 15 is 0 Å². The molecule has 3 aromatic carbocycles. The van der Waals surface area contributed by atoms with Gasteiger partial charge in [-0.3, -0.25) is 4.79 Å². The molecule has 0 aromatic heterocycles. The van der Waals surface area contributed by atoms with Crippen molar-refractivity contribution in [1.29, 1.82) is 0 Å². The van der Waals surface area contributed by atoms with Crippen LogP contribution in [0, 0.1) is 5.92 Å². The molecular formula is C27H29BrN4O2. The molecule has 1 heterocycles.